The Morgan fingerprint density at radius 2 is 1.79 bits per heavy atom. The lowest BCUT2D eigenvalue weighted by Crippen LogP contribution is -3.13. The van der Waals surface area contributed by atoms with Crippen molar-refractivity contribution in [2.75, 3.05) is 42.1 Å². The average Bonchev–Trinajstić information content (AvgIpc) is 2.69. The number of piperazine rings is 1. The maximum absolute atomic E-state index is 6.12. The largest absolute Gasteiger partial charge is 0.368 e. The molecule has 144 valence electrons. The Morgan fingerprint density at radius 3 is 2.54 bits per heavy atom. The summed E-state index contributed by atoms with van der Waals surface area (Å²) in [6.45, 7) is 4.65. The maximum Gasteiger partial charge on any atom is 0.232 e. The van der Waals surface area contributed by atoms with Crippen LogP contribution in [0, 0.1) is 0 Å². The van der Waals surface area contributed by atoms with E-state index in [1.807, 2.05) is 48.5 Å². The van der Waals surface area contributed by atoms with Crippen LogP contribution in [-0.4, -0.2) is 41.1 Å². The van der Waals surface area contributed by atoms with Crippen LogP contribution in [0.4, 0.5) is 23.3 Å². The topological polar surface area (TPSA) is 84.4 Å². The van der Waals surface area contributed by atoms with Crippen LogP contribution in [0.2, 0.25) is 5.02 Å². The molecule has 0 spiro atoms. The van der Waals surface area contributed by atoms with Gasteiger partial charge in [0.05, 0.1) is 26.2 Å². The number of rotatable bonds is 5. The van der Waals surface area contributed by atoms with E-state index in [-0.39, 0.29) is 5.95 Å². The molecule has 0 saturated carbocycles. The predicted octanol–water partition coefficient (Wildman–Crippen LogP) is 1.76. The highest BCUT2D eigenvalue weighted by molar-refractivity contribution is 6.30. The molecule has 2 aromatic carbocycles. The number of nitrogens with two attached hydrogens (primary N) is 1. The first-order valence-corrected chi connectivity index (χ1v) is 9.70. The van der Waals surface area contributed by atoms with Gasteiger partial charge in [-0.1, -0.05) is 35.9 Å². The molecular formula is C20H23ClN7+. The molecule has 3 aromatic rings. The Hall–Kier alpha value is -2.90. The van der Waals surface area contributed by atoms with Crippen LogP contribution in [0.3, 0.4) is 0 Å². The summed E-state index contributed by atoms with van der Waals surface area (Å²) in [7, 11) is 0. The fourth-order valence-electron chi connectivity index (χ4n) is 3.38. The molecule has 4 rings (SSSR count). The van der Waals surface area contributed by atoms with Crippen molar-refractivity contribution in [3.63, 3.8) is 0 Å². The maximum atomic E-state index is 6.12. The van der Waals surface area contributed by atoms with Crippen molar-refractivity contribution < 1.29 is 4.90 Å². The van der Waals surface area contributed by atoms with Crippen molar-refractivity contribution >= 4 is 34.9 Å². The van der Waals surface area contributed by atoms with E-state index in [2.05, 4.69) is 31.2 Å². The predicted molar refractivity (Wildman–Crippen MR) is 112 cm³/mol. The second kappa shape index (κ2) is 8.41. The van der Waals surface area contributed by atoms with E-state index in [1.54, 1.807) is 0 Å². The van der Waals surface area contributed by atoms with Gasteiger partial charge in [-0.2, -0.15) is 15.0 Å². The van der Waals surface area contributed by atoms with Gasteiger partial charge < -0.3 is 20.9 Å². The van der Waals surface area contributed by atoms with E-state index in [0.29, 0.717) is 11.8 Å². The molecule has 2 heterocycles. The van der Waals surface area contributed by atoms with E-state index < -0.39 is 0 Å². The molecule has 0 aliphatic carbocycles. The normalized spacial score (nSPS) is 14.8. The summed E-state index contributed by atoms with van der Waals surface area (Å²) in [4.78, 5) is 16.9. The van der Waals surface area contributed by atoms with Gasteiger partial charge >= 0.3 is 0 Å². The Morgan fingerprint density at radius 1 is 1.00 bits per heavy atom. The van der Waals surface area contributed by atoms with Gasteiger partial charge in [-0.15, -0.1) is 0 Å². The third-order valence-corrected chi connectivity index (χ3v) is 5.02. The van der Waals surface area contributed by atoms with Gasteiger partial charge in [0.25, 0.3) is 0 Å². The molecule has 1 fully saturated rings. The third-order valence-electron chi connectivity index (χ3n) is 4.78. The Balaban J connectivity index is 1.38. The van der Waals surface area contributed by atoms with Crippen molar-refractivity contribution in [2.45, 2.75) is 6.54 Å². The first-order valence-electron chi connectivity index (χ1n) is 9.32. The number of nitrogens with zero attached hydrogens (tertiary/aromatic N) is 4. The lowest BCUT2D eigenvalue weighted by atomic mass is 10.2. The highest BCUT2D eigenvalue weighted by Gasteiger charge is 2.22. The van der Waals surface area contributed by atoms with Crippen molar-refractivity contribution in [1.29, 1.82) is 0 Å². The Labute approximate surface area is 169 Å². The number of anilines is 4. The van der Waals surface area contributed by atoms with Crippen molar-refractivity contribution in [1.82, 2.24) is 15.0 Å². The van der Waals surface area contributed by atoms with Crippen LogP contribution >= 0.6 is 11.6 Å². The first-order chi connectivity index (χ1) is 13.7. The van der Waals surface area contributed by atoms with E-state index in [4.69, 9.17) is 17.3 Å². The summed E-state index contributed by atoms with van der Waals surface area (Å²) in [5, 5.41) is 3.95. The minimum absolute atomic E-state index is 0.236. The number of hydrogen-bond donors (Lipinski definition) is 3. The molecule has 0 unspecified atom stereocenters. The van der Waals surface area contributed by atoms with Gasteiger partial charge in [0.1, 0.15) is 6.54 Å². The lowest BCUT2D eigenvalue weighted by Gasteiger charge is -2.33. The first kappa shape index (κ1) is 18.5. The molecule has 1 aliphatic rings. The zero-order chi connectivity index (χ0) is 19.3. The van der Waals surface area contributed by atoms with Crippen molar-refractivity contribution in [3.8, 4) is 0 Å². The number of hydrogen-bond acceptors (Lipinski definition) is 6. The van der Waals surface area contributed by atoms with Gasteiger partial charge in [-0.3, -0.25) is 0 Å². The lowest BCUT2D eigenvalue weighted by molar-refractivity contribution is -0.915. The molecule has 0 bridgehead atoms. The number of aromatic nitrogens is 3. The van der Waals surface area contributed by atoms with Crippen LogP contribution < -0.4 is 20.9 Å². The molecule has 8 heteroatoms. The summed E-state index contributed by atoms with van der Waals surface area (Å²) in [6.07, 6.45) is 0. The highest BCUT2D eigenvalue weighted by atomic mass is 35.5. The molecule has 0 amide bonds. The van der Waals surface area contributed by atoms with E-state index in [1.165, 1.54) is 10.6 Å². The fraction of sp³-hybridized carbons (Fsp3) is 0.250. The molecule has 7 nitrogen and oxygen atoms in total. The van der Waals surface area contributed by atoms with Crippen LogP contribution in [0.5, 0.6) is 0 Å². The van der Waals surface area contributed by atoms with Crippen LogP contribution in [0.25, 0.3) is 0 Å². The molecule has 28 heavy (non-hydrogen) atoms. The summed E-state index contributed by atoms with van der Waals surface area (Å²) >= 11 is 6.12. The summed E-state index contributed by atoms with van der Waals surface area (Å²) in [5.74, 6) is 1.42. The number of nitrogens with one attached hydrogen (secondary N) is 2. The zero-order valence-corrected chi connectivity index (χ0v) is 16.2. The van der Waals surface area contributed by atoms with Crippen LogP contribution in [-0.2, 0) is 6.54 Å². The summed E-state index contributed by atoms with van der Waals surface area (Å²) in [5.41, 5.74) is 7.99. The fourth-order valence-corrected chi connectivity index (χ4v) is 3.56. The van der Waals surface area contributed by atoms with Gasteiger partial charge in [-0.05, 0) is 30.3 Å². The molecule has 0 atom stereocenters. The van der Waals surface area contributed by atoms with E-state index in [0.717, 1.165) is 43.4 Å². The molecule has 0 radical (unpaired) electrons. The number of halogens is 1. The average molecular weight is 397 g/mol. The molecule has 1 saturated heterocycles. The molecular weight excluding hydrogens is 374 g/mol. The molecule has 4 N–H and O–H groups in total. The number of quaternary nitrogens is 1. The Kier molecular flexibility index (Phi) is 5.55. The van der Waals surface area contributed by atoms with Crippen molar-refractivity contribution in [2.24, 2.45) is 0 Å². The number of benzene rings is 2. The standard InChI is InChI=1S/C20H22ClN7/c21-15-5-4-8-17(13-15)28-11-9-27(10-12-28)14-18-24-19(22)26-20(25-18)23-16-6-2-1-3-7-16/h1-8,13H,9-12,14H2,(H3,22,23,24,25,26)/p+1. The Bertz CT molecular complexity index is 927. The number of para-hydroxylation sites is 1. The molecule has 1 aromatic heterocycles. The second-order valence-electron chi connectivity index (χ2n) is 6.82. The smallest absolute Gasteiger partial charge is 0.232 e. The highest BCUT2D eigenvalue weighted by Crippen LogP contribution is 2.19. The van der Waals surface area contributed by atoms with Gasteiger partial charge in [0, 0.05) is 16.4 Å². The third kappa shape index (κ3) is 4.68. The number of nitrogen functional groups attached to an aromatic ring is 1. The van der Waals surface area contributed by atoms with E-state index in [9.17, 15) is 0 Å². The molecule has 1 aliphatic heterocycles. The van der Waals surface area contributed by atoms with Crippen molar-refractivity contribution in [3.05, 3.63) is 65.4 Å². The van der Waals surface area contributed by atoms with Gasteiger partial charge in [-0.25, -0.2) is 0 Å². The second-order valence-corrected chi connectivity index (χ2v) is 7.25. The van der Waals surface area contributed by atoms with Gasteiger partial charge in [0.15, 0.2) is 5.82 Å². The summed E-state index contributed by atoms with van der Waals surface area (Å²) < 4.78 is 0. The summed E-state index contributed by atoms with van der Waals surface area (Å²) in [6, 6.07) is 17.8. The minimum Gasteiger partial charge on any atom is -0.368 e. The SMILES string of the molecule is Nc1nc(C[NH+]2CCN(c3cccc(Cl)c3)CC2)nc(Nc2ccccc2)n1. The van der Waals surface area contributed by atoms with E-state index >= 15 is 0 Å². The minimum atomic E-state index is 0.236. The van der Waals surface area contributed by atoms with Crippen LogP contribution in [0.15, 0.2) is 54.6 Å². The van der Waals surface area contributed by atoms with Crippen LogP contribution in [0.1, 0.15) is 5.82 Å². The zero-order valence-electron chi connectivity index (χ0n) is 15.5. The quantitative estimate of drug-likeness (QED) is 0.609. The monoisotopic (exact) mass is 396 g/mol. The van der Waals surface area contributed by atoms with Gasteiger partial charge in [0.2, 0.25) is 11.9 Å².